The highest BCUT2D eigenvalue weighted by Gasteiger charge is 2.15. The Labute approximate surface area is 121 Å². The van der Waals surface area contributed by atoms with Crippen molar-refractivity contribution in [3.05, 3.63) is 52.3 Å². The summed E-state index contributed by atoms with van der Waals surface area (Å²) in [5.74, 6) is 1.33. The molecule has 3 rings (SSSR count). The molecule has 0 aliphatic rings. The quantitative estimate of drug-likeness (QED) is 0.785. The molecule has 3 heterocycles. The lowest BCUT2D eigenvalue weighted by molar-refractivity contribution is 0.473. The van der Waals surface area contributed by atoms with Gasteiger partial charge in [-0.3, -0.25) is 9.20 Å². The maximum atomic E-state index is 12.4. The van der Waals surface area contributed by atoms with Gasteiger partial charge < -0.3 is 9.52 Å². The van der Waals surface area contributed by atoms with Crippen LogP contribution in [-0.2, 0) is 0 Å². The van der Waals surface area contributed by atoms with Gasteiger partial charge >= 0.3 is 0 Å². The van der Waals surface area contributed by atoms with Gasteiger partial charge in [-0.15, -0.1) is 0 Å². The van der Waals surface area contributed by atoms with E-state index in [1.54, 1.807) is 18.3 Å². The Bertz CT molecular complexity index is 875. The van der Waals surface area contributed by atoms with Gasteiger partial charge in [-0.25, -0.2) is 4.98 Å². The van der Waals surface area contributed by atoms with Crippen molar-refractivity contribution in [3.8, 4) is 17.1 Å². The minimum absolute atomic E-state index is 0.0562. The SMILES string of the molecule is Cc1ccc(-c2ccn3c(=O)c(C(C)C)cnc3c2O)o1. The third kappa shape index (κ3) is 2.11. The standard InChI is InChI=1S/C16H16N2O3/c1-9(2)12-8-17-15-14(19)11(6-7-18(15)16(12)20)13-5-4-10(3)21-13/h4-9,19H,1-3H3. The fraction of sp³-hybridized carbons (Fsp3) is 0.250. The van der Waals surface area contributed by atoms with Gasteiger partial charge in [-0.2, -0.15) is 0 Å². The molecule has 0 aliphatic heterocycles. The molecule has 3 aromatic rings. The number of pyridine rings is 1. The highest BCUT2D eigenvalue weighted by atomic mass is 16.3. The molecular formula is C16H16N2O3. The molecule has 0 radical (unpaired) electrons. The van der Waals surface area contributed by atoms with Gasteiger partial charge in [0.2, 0.25) is 0 Å². The lowest BCUT2D eigenvalue weighted by Gasteiger charge is -2.09. The first-order valence-corrected chi connectivity index (χ1v) is 6.79. The molecule has 1 N–H and O–H groups in total. The van der Waals surface area contributed by atoms with E-state index in [9.17, 15) is 9.90 Å². The first kappa shape index (κ1) is 13.4. The number of nitrogens with zero attached hydrogens (tertiary/aromatic N) is 2. The first-order valence-electron chi connectivity index (χ1n) is 6.79. The van der Waals surface area contributed by atoms with Crippen LogP contribution in [0.3, 0.4) is 0 Å². The lowest BCUT2D eigenvalue weighted by atomic mass is 10.1. The molecule has 0 aliphatic carbocycles. The number of rotatable bonds is 2. The van der Waals surface area contributed by atoms with Crippen LogP contribution in [0.2, 0.25) is 0 Å². The first-order chi connectivity index (χ1) is 9.99. The maximum absolute atomic E-state index is 12.4. The normalized spacial score (nSPS) is 11.4. The molecule has 0 amide bonds. The van der Waals surface area contributed by atoms with Gasteiger partial charge in [-0.05, 0) is 31.0 Å². The minimum atomic E-state index is -0.160. The number of hydrogen-bond donors (Lipinski definition) is 1. The summed E-state index contributed by atoms with van der Waals surface area (Å²) < 4.78 is 6.88. The topological polar surface area (TPSA) is 67.7 Å². The summed E-state index contributed by atoms with van der Waals surface area (Å²) in [5, 5.41) is 10.4. The summed E-state index contributed by atoms with van der Waals surface area (Å²) in [6.45, 7) is 5.70. The van der Waals surface area contributed by atoms with Gasteiger partial charge in [-0.1, -0.05) is 13.8 Å². The third-order valence-corrected chi connectivity index (χ3v) is 3.50. The Morgan fingerprint density at radius 1 is 1.29 bits per heavy atom. The molecule has 0 unspecified atom stereocenters. The smallest absolute Gasteiger partial charge is 0.261 e. The summed E-state index contributed by atoms with van der Waals surface area (Å²) in [5.41, 5.74) is 1.21. The lowest BCUT2D eigenvalue weighted by Crippen LogP contribution is -2.20. The Morgan fingerprint density at radius 3 is 2.67 bits per heavy atom. The molecule has 0 spiro atoms. The van der Waals surface area contributed by atoms with Crippen LogP contribution in [0.4, 0.5) is 0 Å². The largest absolute Gasteiger partial charge is 0.504 e. The van der Waals surface area contributed by atoms with E-state index in [-0.39, 0.29) is 22.9 Å². The molecule has 21 heavy (non-hydrogen) atoms. The minimum Gasteiger partial charge on any atom is -0.504 e. The van der Waals surface area contributed by atoms with Crippen molar-refractivity contribution in [1.29, 1.82) is 0 Å². The van der Waals surface area contributed by atoms with E-state index in [1.807, 2.05) is 26.8 Å². The number of aromatic nitrogens is 2. The van der Waals surface area contributed by atoms with E-state index in [4.69, 9.17) is 4.42 Å². The van der Waals surface area contributed by atoms with Gasteiger partial charge in [0.25, 0.3) is 5.56 Å². The fourth-order valence-corrected chi connectivity index (χ4v) is 2.32. The Kier molecular flexibility index (Phi) is 3.05. The van der Waals surface area contributed by atoms with Crippen molar-refractivity contribution in [3.63, 3.8) is 0 Å². The van der Waals surface area contributed by atoms with Crippen LogP contribution in [0.25, 0.3) is 17.0 Å². The number of hydrogen-bond acceptors (Lipinski definition) is 4. The summed E-state index contributed by atoms with van der Waals surface area (Å²) in [6, 6.07) is 5.26. The van der Waals surface area contributed by atoms with Crippen molar-refractivity contribution in [1.82, 2.24) is 9.38 Å². The molecule has 0 atom stereocenters. The number of aryl methyl sites for hydroxylation is 1. The Hall–Kier alpha value is -2.56. The van der Waals surface area contributed by atoms with Crippen LogP contribution in [0.5, 0.6) is 5.75 Å². The molecule has 0 saturated heterocycles. The summed E-state index contributed by atoms with van der Waals surface area (Å²) in [6.07, 6.45) is 3.14. The number of furan rings is 1. The van der Waals surface area contributed by atoms with Crippen LogP contribution >= 0.6 is 0 Å². The molecule has 0 saturated carbocycles. The zero-order chi connectivity index (χ0) is 15.1. The predicted molar refractivity (Wildman–Crippen MR) is 79.7 cm³/mol. The molecule has 5 heteroatoms. The van der Waals surface area contributed by atoms with E-state index in [0.717, 1.165) is 5.76 Å². The molecule has 5 nitrogen and oxygen atoms in total. The fourth-order valence-electron chi connectivity index (χ4n) is 2.32. The van der Waals surface area contributed by atoms with Crippen LogP contribution in [0, 0.1) is 6.92 Å². The van der Waals surface area contributed by atoms with E-state index in [1.165, 1.54) is 10.6 Å². The van der Waals surface area contributed by atoms with E-state index < -0.39 is 0 Å². The molecule has 108 valence electrons. The number of aromatic hydroxyl groups is 1. The van der Waals surface area contributed by atoms with Crippen LogP contribution in [-0.4, -0.2) is 14.5 Å². The Morgan fingerprint density at radius 2 is 2.05 bits per heavy atom. The van der Waals surface area contributed by atoms with Crippen molar-refractivity contribution in [2.45, 2.75) is 26.7 Å². The second-order valence-corrected chi connectivity index (χ2v) is 5.36. The van der Waals surface area contributed by atoms with Crippen molar-refractivity contribution in [2.75, 3.05) is 0 Å². The van der Waals surface area contributed by atoms with Crippen LogP contribution < -0.4 is 5.56 Å². The summed E-state index contributed by atoms with van der Waals surface area (Å²) in [4.78, 5) is 16.6. The van der Waals surface area contributed by atoms with Crippen LogP contribution in [0.1, 0.15) is 31.1 Å². The Balaban J connectivity index is 2.28. The molecular weight excluding hydrogens is 268 g/mol. The summed E-state index contributed by atoms with van der Waals surface area (Å²) >= 11 is 0. The molecule has 3 aromatic heterocycles. The monoisotopic (exact) mass is 284 g/mol. The van der Waals surface area contributed by atoms with E-state index in [2.05, 4.69) is 4.98 Å². The number of fused-ring (bicyclic) bond motifs is 1. The molecule has 0 fully saturated rings. The average Bonchev–Trinajstić information content (AvgIpc) is 2.86. The van der Waals surface area contributed by atoms with Crippen molar-refractivity contribution in [2.24, 2.45) is 0 Å². The highest BCUT2D eigenvalue weighted by molar-refractivity contribution is 5.74. The molecule has 0 bridgehead atoms. The van der Waals surface area contributed by atoms with Gasteiger partial charge in [0.15, 0.2) is 11.4 Å². The van der Waals surface area contributed by atoms with E-state index >= 15 is 0 Å². The van der Waals surface area contributed by atoms with Gasteiger partial charge in [0, 0.05) is 18.0 Å². The van der Waals surface area contributed by atoms with E-state index in [0.29, 0.717) is 16.9 Å². The van der Waals surface area contributed by atoms with Crippen LogP contribution in [0.15, 0.2) is 39.8 Å². The zero-order valence-electron chi connectivity index (χ0n) is 12.1. The second kappa shape index (κ2) is 4.77. The molecule has 0 aromatic carbocycles. The van der Waals surface area contributed by atoms with Crippen molar-refractivity contribution < 1.29 is 9.52 Å². The average molecular weight is 284 g/mol. The van der Waals surface area contributed by atoms with Gasteiger partial charge in [0.1, 0.15) is 11.5 Å². The van der Waals surface area contributed by atoms with Crippen molar-refractivity contribution >= 4 is 5.65 Å². The maximum Gasteiger partial charge on any atom is 0.261 e. The second-order valence-electron chi connectivity index (χ2n) is 5.36. The predicted octanol–water partition coefficient (Wildman–Crippen LogP) is 3.09. The highest BCUT2D eigenvalue weighted by Crippen LogP contribution is 2.32. The third-order valence-electron chi connectivity index (χ3n) is 3.50. The summed E-state index contributed by atoms with van der Waals surface area (Å²) in [7, 11) is 0. The zero-order valence-corrected chi connectivity index (χ0v) is 12.1. The van der Waals surface area contributed by atoms with Gasteiger partial charge in [0.05, 0.1) is 5.56 Å².